The first-order valence-corrected chi connectivity index (χ1v) is 9.91. The van der Waals surface area contributed by atoms with Crippen LogP contribution in [0.25, 0.3) is 0 Å². The third-order valence-corrected chi connectivity index (χ3v) is 5.46. The van der Waals surface area contributed by atoms with Gasteiger partial charge in [-0.15, -0.1) is 11.3 Å². The monoisotopic (exact) mass is 387 g/mol. The third-order valence-electron chi connectivity index (χ3n) is 4.59. The van der Waals surface area contributed by atoms with Crippen molar-refractivity contribution in [2.75, 3.05) is 38.1 Å². The summed E-state index contributed by atoms with van der Waals surface area (Å²) in [6, 6.07) is 6.92. The molecule has 3 rings (SSSR count). The van der Waals surface area contributed by atoms with Gasteiger partial charge in [-0.1, -0.05) is 12.1 Å². The molecule has 2 amide bonds. The number of rotatable bonds is 6. The number of amides is 2. The Bertz CT molecular complexity index is 755. The highest BCUT2D eigenvalue weighted by Crippen LogP contribution is 2.13. The zero-order valence-electron chi connectivity index (χ0n) is 15.6. The van der Waals surface area contributed by atoms with Crippen LogP contribution >= 0.6 is 11.3 Å². The minimum Gasteiger partial charge on any atom is -0.354 e. The SMILES string of the molecule is CC(NC(=O)c1cccs1)C(=O)NCc1ccc(N2CCN(C)CC2)nc1. The number of carbonyl (C=O) groups excluding carboxylic acids is 2. The Balaban J connectivity index is 1.46. The van der Waals surface area contributed by atoms with Gasteiger partial charge in [0.15, 0.2) is 0 Å². The highest BCUT2D eigenvalue weighted by atomic mass is 32.1. The van der Waals surface area contributed by atoms with E-state index >= 15 is 0 Å². The predicted octanol–water partition coefficient (Wildman–Crippen LogP) is 1.33. The second kappa shape index (κ2) is 8.96. The molecule has 27 heavy (non-hydrogen) atoms. The van der Waals surface area contributed by atoms with Gasteiger partial charge in [0.25, 0.3) is 5.91 Å². The molecule has 2 aromatic rings. The van der Waals surface area contributed by atoms with Gasteiger partial charge in [-0.3, -0.25) is 9.59 Å². The molecule has 0 bridgehead atoms. The number of hydrogen-bond acceptors (Lipinski definition) is 6. The fourth-order valence-electron chi connectivity index (χ4n) is 2.83. The summed E-state index contributed by atoms with van der Waals surface area (Å²) in [4.78, 5) is 33.9. The van der Waals surface area contributed by atoms with Crippen LogP contribution in [0.2, 0.25) is 0 Å². The predicted molar refractivity (Wildman–Crippen MR) is 107 cm³/mol. The van der Waals surface area contributed by atoms with Crippen LogP contribution in [0.3, 0.4) is 0 Å². The first-order valence-electron chi connectivity index (χ1n) is 9.03. The van der Waals surface area contributed by atoms with Gasteiger partial charge in [0.05, 0.1) is 4.88 Å². The Labute approximate surface area is 163 Å². The molecule has 0 radical (unpaired) electrons. The maximum absolute atomic E-state index is 12.2. The van der Waals surface area contributed by atoms with Crippen molar-refractivity contribution < 1.29 is 9.59 Å². The minimum absolute atomic E-state index is 0.219. The number of thiophene rings is 1. The second-order valence-electron chi connectivity index (χ2n) is 6.71. The third kappa shape index (κ3) is 5.27. The van der Waals surface area contributed by atoms with Gasteiger partial charge < -0.3 is 20.4 Å². The number of piperazine rings is 1. The molecule has 2 N–H and O–H groups in total. The van der Waals surface area contributed by atoms with E-state index < -0.39 is 6.04 Å². The standard InChI is InChI=1S/C19H25N5O2S/c1-14(22-19(26)16-4-3-11-27-16)18(25)21-13-15-5-6-17(20-12-15)24-9-7-23(2)8-10-24/h3-6,11-12,14H,7-10,13H2,1-2H3,(H,21,25)(H,22,26). The largest absolute Gasteiger partial charge is 0.354 e. The van der Waals surface area contributed by atoms with Crippen molar-refractivity contribution in [3.05, 3.63) is 46.3 Å². The van der Waals surface area contributed by atoms with Gasteiger partial charge in [-0.05, 0) is 37.0 Å². The van der Waals surface area contributed by atoms with Gasteiger partial charge in [-0.2, -0.15) is 0 Å². The number of nitrogens with zero attached hydrogens (tertiary/aromatic N) is 3. The van der Waals surface area contributed by atoms with Gasteiger partial charge in [-0.25, -0.2) is 4.98 Å². The zero-order valence-corrected chi connectivity index (χ0v) is 16.5. The number of carbonyl (C=O) groups is 2. The maximum Gasteiger partial charge on any atom is 0.261 e. The molecular weight excluding hydrogens is 362 g/mol. The van der Waals surface area contributed by atoms with E-state index in [4.69, 9.17) is 0 Å². The quantitative estimate of drug-likeness (QED) is 0.782. The Kier molecular flexibility index (Phi) is 6.41. The first kappa shape index (κ1) is 19.3. The molecule has 0 aliphatic carbocycles. The minimum atomic E-state index is -0.600. The molecule has 144 valence electrons. The van der Waals surface area contributed by atoms with Crippen LogP contribution in [0.15, 0.2) is 35.8 Å². The van der Waals surface area contributed by atoms with E-state index in [9.17, 15) is 9.59 Å². The van der Waals surface area contributed by atoms with Gasteiger partial charge in [0.2, 0.25) is 5.91 Å². The van der Waals surface area contributed by atoms with E-state index in [0.29, 0.717) is 11.4 Å². The molecule has 0 spiro atoms. The number of pyridine rings is 1. The average Bonchev–Trinajstić information content (AvgIpc) is 3.22. The van der Waals surface area contributed by atoms with Crippen molar-refractivity contribution in [3.8, 4) is 0 Å². The Morgan fingerprint density at radius 1 is 1.22 bits per heavy atom. The molecule has 3 heterocycles. The van der Waals surface area contributed by atoms with Crippen LogP contribution in [0.5, 0.6) is 0 Å². The summed E-state index contributed by atoms with van der Waals surface area (Å²) >= 11 is 1.35. The second-order valence-corrected chi connectivity index (χ2v) is 7.65. The van der Waals surface area contributed by atoms with E-state index in [1.54, 1.807) is 19.2 Å². The molecule has 0 saturated carbocycles. The van der Waals surface area contributed by atoms with Crippen LogP contribution in [0.4, 0.5) is 5.82 Å². The van der Waals surface area contributed by atoms with Crippen LogP contribution in [-0.4, -0.2) is 61.0 Å². The van der Waals surface area contributed by atoms with Crippen LogP contribution < -0.4 is 15.5 Å². The molecular formula is C19H25N5O2S. The zero-order chi connectivity index (χ0) is 19.2. The smallest absolute Gasteiger partial charge is 0.261 e. The molecule has 8 heteroatoms. The average molecular weight is 388 g/mol. The lowest BCUT2D eigenvalue weighted by molar-refractivity contribution is -0.122. The molecule has 1 aliphatic rings. The van der Waals surface area contributed by atoms with Crippen LogP contribution in [0, 0.1) is 0 Å². The Morgan fingerprint density at radius 2 is 2.00 bits per heavy atom. The molecule has 0 aromatic carbocycles. The Hall–Kier alpha value is -2.45. The molecule has 1 atom stereocenters. The van der Waals surface area contributed by atoms with Gasteiger partial charge in [0.1, 0.15) is 11.9 Å². The molecule has 2 aromatic heterocycles. The summed E-state index contributed by atoms with van der Waals surface area (Å²) in [7, 11) is 2.13. The fraction of sp³-hybridized carbons (Fsp3) is 0.421. The van der Waals surface area contributed by atoms with Crippen molar-refractivity contribution in [3.63, 3.8) is 0 Å². The normalized spacial score (nSPS) is 16.0. The lowest BCUT2D eigenvalue weighted by Crippen LogP contribution is -2.45. The number of hydrogen-bond donors (Lipinski definition) is 2. The van der Waals surface area contributed by atoms with Gasteiger partial charge in [0, 0.05) is 38.9 Å². The summed E-state index contributed by atoms with van der Waals surface area (Å²) in [5, 5.41) is 7.38. The summed E-state index contributed by atoms with van der Waals surface area (Å²) < 4.78 is 0. The highest BCUT2D eigenvalue weighted by molar-refractivity contribution is 7.12. The van der Waals surface area contributed by atoms with Crippen molar-refractivity contribution in [1.82, 2.24) is 20.5 Å². The van der Waals surface area contributed by atoms with Crippen molar-refractivity contribution in [1.29, 1.82) is 0 Å². The van der Waals surface area contributed by atoms with Crippen molar-refractivity contribution in [2.24, 2.45) is 0 Å². The van der Waals surface area contributed by atoms with E-state index in [2.05, 4.69) is 32.5 Å². The Morgan fingerprint density at radius 3 is 2.63 bits per heavy atom. The molecule has 1 unspecified atom stereocenters. The summed E-state index contributed by atoms with van der Waals surface area (Å²) in [5.74, 6) is 0.517. The lowest BCUT2D eigenvalue weighted by Gasteiger charge is -2.33. The number of anilines is 1. The summed E-state index contributed by atoms with van der Waals surface area (Å²) in [5.41, 5.74) is 0.929. The highest BCUT2D eigenvalue weighted by Gasteiger charge is 2.17. The van der Waals surface area contributed by atoms with Crippen LogP contribution in [0.1, 0.15) is 22.2 Å². The molecule has 1 aliphatic heterocycles. The summed E-state index contributed by atoms with van der Waals surface area (Å²) in [6.45, 7) is 6.08. The fourth-order valence-corrected chi connectivity index (χ4v) is 3.45. The summed E-state index contributed by atoms with van der Waals surface area (Å²) in [6.07, 6.45) is 1.79. The van der Waals surface area contributed by atoms with Crippen molar-refractivity contribution in [2.45, 2.75) is 19.5 Å². The topological polar surface area (TPSA) is 77.6 Å². The van der Waals surface area contributed by atoms with E-state index in [0.717, 1.165) is 37.6 Å². The number of aromatic nitrogens is 1. The van der Waals surface area contributed by atoms with Crippen LogP contribution in [-0.2, 0) is 11.3 Å². The van der Waals surface area contributed by atoms with E-state index in [1.807, 2.05) is 23.6 Å². The molecule has 1 saturated heterocycles. The van der Waals surface area contributed by atoms with Gasteiger partial charge >= 0.3 is 0 Å². The maximum atomic E-state index is 12.2. The molecule has 1 fully saturated rings. The number of likely N-dealkylation sites (N-methyl/N-ethyl adjacent to an activating group) is 1. The van der Waals surface area contributed by atoms with Crippen molar-refractivity contribution >= 4 is 29.0 Å². The first-order chi connectivity index (χ1) is 13.0. The molecule has 7 nitrogen and oxygen atoms in total. The lowest BCUT2D eigenvalue weighted by atomic mass is 10.2. The number of nitrogens with one attached hydrogen (secondary N) is 2. The van der Waals surface area contributed by atoms with E-state index in [1.165, 1.54) is 11.3 Å². The van der Waals surface area contributed by atoms with E-state index in [-0.39, 0.29) is 11.8 Å².